The molecule has 0 unspecified atom stereocenters. The molecule has 0 fully saturated rings. The molecule has 0 saturated carbocycles. The minimum absolute atomic E-state index is 0.137. The molecular formula is C26H27N7O. The van der Waals surface area contributed by atoms with Gasteiger partial charge in [0, 0.05) is 47.9 Å². The number of benzene rings is 1. The highest BCUT2D eigenvalue weighted by molar-refractivity contribution is 5.81. The van der Waals surface area contributed by atoms with Crippen LogP contribution in [0.25, 0.3) is 33.9 Å². The Morgan fingerprint density at radius 2 is 2.03 bits per heavy atom. The summed E-state index contributed by atoms with van der Waals surface area (Å²) in [5, 5.41) is 17.4. The summed E-state index contributed by atoms with van der Waals surface area (Å²) in [7, 11) is 1.65. The monoisotopic (exact) mass is 453 g/mol. The van der Waals surface area contributed by atoms with Gasteiger partial charge < -0.3 is 10.1 Å². The molecule has 0 bridgehead atoms. The SMILES string of the molecule is CCCCNc1cc(-c2cn(CC#N)nc2-c2cc(C)cc(OC)c2)nc(-c2cccnc2)n1. The first-order chi connectivity index (χ1) is 16.6. The zero-order valence-corrected chi connectivity index (χ0v) is 19.6. The molecule has 172 valence electrons. The fraction of sp³-hybridized carbons (Fsp3) is 0.269. The summed E-state index contributed by atoms with van der Waals surface area (Å²) in [5.74, 6) is 2.06. The smallest absolute Gasteiger partial charge is 0.163 e. The van der Waals surface area contributed by atoms with E-state index in [9.17, 15) is 5.26 Å². The zero-order chi connectivity index (χ0) is 23.9. The lowest BCUT2D eigenvalue weighted by atomic mass is 10.0. The van der Waals surface area contributed by atoms with Gasteiger partial charge >= 0.3 is 0 Å². The van der Waals surface area contributed by atoms with Gasteiger partial charge in [0.1, 0.15) is 23.8 Å². The summed E-state index contributed by atoms with van der Waals surface area (Å²) in [6.45, 7) is 5.12. The molecule has 34 heavy (non-hydrogen) atoms. The molecule has 0 radical (unpaired) electrons. The molecular weight excluding hydrogens is 426 g/mol. The van der Waals surface area contributed by atoms with Gasteiger partial charge in [0.25, 0.3) is 0 Å². The topological polar surface area (TPSA) is 102 Å². The van der Waals surface area contributed by atoms with E-state index in [2.05, 4.69) is 29.4 Å². The van der Waals surface area contributed by atoms with E-state index in [1.807, 2.05) is 43.5 Å². The lowest BCUT2D eigenvalue weighted by Gasteiger charge is -2.11. The number of hydrogen-bond donors (Lipinski definition) is 1. The van der Waals surface area contributed by atoms with Gasteiger partial charge in [-0.1, -0.05) is 13.3 Å². The Hall–Kier alpha value is -4.25. The van der Waals surface area contributed by atoms with Gasteiger partial charge in [-0.2, -0.15) is 10.4 Å². The number of aromatic nitrogens is 5. The second-order valence-electron chi connectivity index (χ2n) is 7.97. The van der Waals surface area contributed by atoms with Gasteiger partial charge in [0.15, 0.2) is 5.82 Å². The Morgan fingerprint density at radius 1 is 1.15 bits per heavy atom. The number of nitrogens with one attached hydrogen (secondary N) is 1. The number of pyridine rings is 1. The van der Waals surface area contributed by atoms with Gasteiger partial charge in [0.2, 0.25) is 0 Å². The molecule has 0 atom stereocenters. The standard InChI is InChI=1S/C26H27N7O/c1-4-5-10-29-24-15-23(30-26(31-24)19-7-6-9-28-16-19)22-17-33(11-8-27)32-25(22)20-12-18(2)13-21(14-20)34-3/h6-7,9,12-17H,4-5,10-11H2,1-3H3,(H,29,30,31). The summed E-state index contributed by atoms with van der Waals surface area (Å²) < 4.78 is 7.11. The van der Waals surface area contributed by atoms with Crippen molar-refractivity contribution in [1.82, 2.24) is 24.7 Å². The number of aryl methyl sites for hydroxylation is 1. The molecule has 4 rings (SSSR count). The lowest BCUT2D eigenvalue weighted by molar-refractivity contribution is 0.414. The molecule has 0 aliphatic heterocycles. The van der Waals surface area contributed by atoms with Crippen molar-refractivity contribution in [3.05, 3.63) is 60.6 Å². The van der Waals surface area contributed by atoms with E-state index in [0.29, 0.717) is 11.5 Å². The molecule has 0 amide bonds. The maximum absolute atomic E-state index is 9.27. The highest BCUT2D eigenvalue weighted by Crippen LogP contribution is 2.34. The minimum atomic E-state index is 0.137. The number of unbranched alkanes of at least 4 members (excludes halogenated alkanes) is 1. The van der Waals surface area contributed by atoms with Crippen molar-refractivity contribution >= 4 is 5.82 Å². The maximum Gasteiger partial charge on any atom is 0.163 e. The molecule has 3 heterocycles. The van der Waals surface area contributed by atoms with Crippen molar-refractivity contribution in [2.45, 2.75) is 33.2 Å². The van der Waals surface area contributed by atoms with Crippen molar-refractivity contribution in [3.8, 4) is 45.7 Å². The molecule has 0 spiro atoms. The van der Waals surface area contributed by atoms with Gasteiger partial charge in [0.05, 0.1) is 18.9 Å². The van der Waals surface area contributed by atoms with E-state index in [-0.39, 0.29) is 6.54 Å². The second kappa shape index (κ2) is 10.6. The van der Waals surface area contributed by atoms with Gasteiger partial charge in [-0.05, 0) is 49.2 Å². The van der Waals surface area contributed by atoms with E-state index in [1.165, 1.54) is 0 Å². The van der Waals surface area contributed by atoms with E-state index >= 15 is 0 Å². The first-order valence-corrected chi connectivity index (χ1v) is 11.3. The minimum Gasteiger partial charge on any atom is -0.497 e. The first-order valence-electron chi connectivity index (χ1n) is 11.3. The first kappa shape index (κ1) is 22.9. The van der Waals surface area contributed by atoms with E-state index in [1.54, 1.807) is 24.2 Å². The molecule has 1 N–H and O–H groups in total. The van der Waals surface area contributed by atoms with Crippen LogP contribution in [0.3, 0.4) is 0 Å². The quantitative estimate of drug-likeness (QED) is 0.351. The highest BCUT2D eigenvalue weighted by Gasteiger charge is 2.18. The molecule has 3 aromatic heterocycles. The molecule has 8 nitrogen and oxygen atoms in total. The summed E-state index contributed by atoms with van der Waals surface area (Å²) >= 11 is 0. The van der Waals surface area contributed by atoms with Crippen LogP contribution >= 0.6 is 0 Å². The van der Waals surface area contributed by atoms with Crippen LogP contribution in [-0.4, -0.2) is 38.4 Å². The average molecular weight is 454 g/mol. The largest absolute Gasteiger partial charge is 0.497 e. The summed E-state index contributed by atoms with van der Waals surface area (Å²) in [5.41, 5.74) is 5.03. The Labute approximate surface area is 199 Å². The number of nitrogens with zero attached hydrogens (tertiary/aromatic N) is 6. The molecule has 8 heteroatoms. The van der Waals surface area contributed by atoms with Crippen molar-refractivity contribution in [2.24, 2.45) is 0 Å². The van der Waals surface area contributed by atoms with Crippen LogP contribution in [0.2, 0.25) is 0 Å². The highest BCUT2D eigenvalue weighted by atomic mass is 16.5. The van der Waals surface area contributed by atoms with Gasteiger partial charge in [-0.25, -0.2) is 9.97 Å². The van der Waals surface area contributed by atoms with Crippen LogP contribution < -0.4 is 10.1 Å². The van der Waals surface area contributed by atoms with E-state index in [4.69, 9.17) is 19.8 Å². The van der Waals surface area contributed by atoms with E-state index < -0.39 is 0 Å². The van der Waals surface area contributed by atoms with Crippen LogP contribution in [0.5, 0.6) is 5.75 Å². The summed E-state index contributed by atoms with van der Waals surface area (Å²) in [4.78, 5) is 13.8. The third-order valence-electron chi connectivity index (χ3n) is 5.31. The number of ether oxygens (including phenoxy) is 1. The van der Waals surface area contributed by atoms with Crippen LogP contribution in [0, 0.1) is 18.3 Å². The van der Waals surface area contributed by atoms with Crippen molar-refractivity contribution in [1.29, 1.82) is 5.26 Å². The Kier molecular flexibility index (Phi) is 7.13. The number of hydrogen-bond acceptors (Lipinski definition) is 7. The Bertz CT molecular complexity index is 1310. The maximum atomic E-state index is 9.27. The predicted octanol–water partition coefficient (Wildman–Crippen LogP) is 5.12. The summed E-state index contributed by atoms with van der Waals surface area (Å²) in [6.07, 6.45) is 7.46. The van der Waals surface area contributed by atoms with Crippen LogP contribution in [0.1, 0.15) is 25.3 Å². The molecule has 1 aromatic carbocycles. The second-order valence-corrected chi connectivity index (χ2v) is 7.97. The number of methoxy groups -OCH3 is 1. The van der Waals surface area contributed by atoms with Gasteiger partial charge in [-0.15, -0.1) is 0 Å². The number of nitriles is 1. The number of rotatable bonds is 9. The average Bonchev–Trinajstić information content (AvgIpc) is 3.28. The lowest BCUT2D eigenvalue weighted by Crippen LogP contribution is -2.05. The third-order valence-corrected chi connectivity index (χ3v) is 5.31. The Balaban J connectivity index is 1.88. The third kappa shape index (κ3) is 5.21. The molecule has 0 aliphatic rings. The fourth-order valence-corrected chi connectivity index (χ4v) is 3.67. The Morgan fingerprint density at radius 3 is 2.76 bits per heavy atom. The van der Waals surface area contributed by atoms with Crippen LogP contribution in [-0.2, 0) is 6.54 Å². The number of anilines is 1. The predicted molar refractivity (Wildman–Crippen MR) is 132 cm³/mol. The van der Waals surface area contributed by atoms with Crippen LogP contribution in [0.4, 0.5) is 5.82 Å². The van der Waals surface area contributed by atoms with Crippen molar-refractivity contribution in [2.75, 3.05) is 19.0 Å². The fourth-order valence-electron chi connectivity index (χ4n) is 3.67. The molecule has 0 saturated heterocycles. The molecule has 0 aliphatic carbocycles. The van der Waals surface area contributed by atoms with Crippen molar-refractivity contribution in [3.63, 3.8) is 0 Å². The summed E-state index contributed by atoms with van der Waals surface area (Å²) in [6, 6.07) is 13.9. The van der Waals surface area contributed by atoms with E-state index in [0.717, 1.165) is 58.9 Å². The molecule has 4 aromatic rings. The van der Waals surface area contributed by atoms with Gasteiger partial charge in [-0.3, -0.25) is 9.67 Å². The van der Waals surface area contributed by atoms with Crippen molar-refractivity contribution < 1.29 is 4.74 Å². The van der Waals surface area contributed by atoms with Crippen LogP contribution in [0.15, 0.2) is 55.0 Å². The normalized spacial score (nSPS) is 10.6. The zero-order valence-electron chi connectivity index (χ0n) is 19.6.